The maximum atomic E-state index is 14.5. The van der Waals surface area contributed by atoms with E-state index in [0.29, 0.717) is 50.8 Å². The molecule has 0 saturated carbocycles. The van der Waals surface area contributed by atoms with Crippen LogP contribution in [0.25, 0.3) is 0 Å². The highest BCUT2D eigenvalue weighted by molar-refractivity contribution is 5.98. The average molecular weight is 745 g/mol. The van der Waals surface area contributed by atoms with Crippen molar-refractivity contribution in [3.8, 4) is 0 Å². The van der Waals surface area contributed by atoms with E-state index in [2.05, 4.69) is 26.3 Å². The number of carbonyl (C=O) groups excluding carboxylic acids is 7. The van der Waals surface area contributed by atoms with Crippen LogP contribution in [0.15, 0.2) is 54.9 Å². The Bertz CT molecular complexity index is 1730. The molecule has 1 aromatic carbocycles. The Morgan fingerprint density at radius 1 is 0.852 bits per heavy atom. The van der Waals surface area contributed by atoms with Gasteiger partial charge in [0, 0.05) is 44.1 Å². The van der Waals surface area contributed by atoms with Crippen LogP contribution in [0, 0.1) is 5.92 Å². The summed E-state index contributed by atoms with van der Waals surface area (Å²) in [7, 11) is 0. The van der Waals surface area contributed by atoms with Gasteiger partial charge in [0.05, 0.1) is 0 Å². The van der Waals surface area contributed by atoms with Gasteiger partial charge in [0.15, 0.2) is 0 Å². The number of nitrogens with one attached hydrogen (secondary N) is 4. The van der Waals surface area contributed by atoms with Crippen LogP contribution in [0.1, 0.15) is 57.9 Å². The number of rotatable bonds is 6. The molecule has 288 valence electrons. The van der Waals surface area contributed by atoms with Crippen LogP contribution in [-0.2, 0) is 39.9 Å². The first kappa shape index (κ1) is 38.2. The number of aromatic nitrogens is 1. The van der Waals surface area contributed by atoms with E-state index in [4.69, 9.17) is 4.74 Å². The zero-order valence-corrected chi connectivity index (χ0v) is 30.6. The van der Waals surface area contributed by atoms with Gasteiger partial charge in [-0.3, -0.25) is 29.0 Å². The second-order valence-corrected chi connectivity index (χ2v) is 14.6. The third kappa shape index (κ3) is 8.80. The molecule has 5 heterocycles. The minimum atomic E-state index is -1.44. The maximum absolute atomic E-state index is 14.5. The summed E-state index contributed by atoms with van der Waals surface area (Å²) < 4.78 is 5.73. The monoisotopic (exact) mass is 744 g/mol. The summed E-state index contributed by atoms with van der Waals surface area (Å²) >= 11 is 0. The summed E-state index contributed by atoms with van der Waals surface area (Å²) in [6, 6.07) is 5.22. The Morgan fingerprint density at radius 2 is 1.56 bits per heavy atom. The Hall–Kier alpha value is -5.54. The van der Waals surface area contributed by atoms with Crippen LogP contribution >= 0.6 is 0 Å². The predicted molar refractivity (Wildman–Crippen MR) is 194 cm³/mol. The van der Waals surface area contributed by atoms with E-state index in [1.54, 1.807) is 43.3 Å². The topological polar surface area (TPSA) is 199 Å². The summed E-state index contributed by atoms with van der Waals surface area (Å²) in [5, 5.41) is 10.9. The molecule has 0 spiro atoms. The van der Waals surface area contributed by atoms with Crippen molar-refractivity contribution in [2.24, 2.45) is 5.92 Å². The normalized spacial score (nSPS) is 27.2. The molecule has 7 amide bonds. The molecule has 0 bridgehead atoms. The smallest absolute Gasteiger partial charge is 0.328 e. The van der Waals surface area contributed by atoms with Crippen LogP contribution in [0.5, 0.6) is 0 Å². The number of fused-ring (bicyclic) bond motifs is 3. The zero-order valence-electron chi connectivity index (χ0n) is 30.6. The minimum absolute atomic E-state index is 0.0476. The summed E-state index contributed by atoms with van der Waals surface area (Å²) in [5.74, 6) is -3.48. The molecule has 4 fully saturated rings. The highest BCUT2D eigenvalue weighted by atomic mass is 16.5. The predicted octanol–water partition coefficient (Wildman–Crippen LogP) is 0.970. The lowest BCUT2D eigenvalue weighted by Crippen LogP contribution is -2.62. The molecule has 0 aliphatic carbocycles. The van der Waals surface area contributed by atoms with Gasteiger partial charge in [-0.1, -0.05) is 37.3 Å². The molecule has 4 aliphatic heterocycles. The van der Waals surface area contributed by atoms with Gasteiger partial charge >= 0.3 is 12.0 Å². The molecule has 16 nitrogen and oxygen atoms in total. The van der Waals surface area contributed by atoms with Gasteiger partial charge in [0.1, 0.15) is 42.9 Å². The molecule has 4 saturated heterocycles. The molecule has 7 atom stereocenters. The fraction of sp³-hybridized carbons (Fsp3) is 0.526. The van der Waals surface area contributed by atoms with E-state index in [9.17, 15) is 33.6 Å². The summed E-state index contributed by atoms with van der Waals surface area (Å²) in [4.78, 5) is 105. The molecule has 16 heteroatoms. The number of ether oxygens (including phenoxy) is 1. The van der Waals surface area contributed by atoms with Gasteiger partial charge in [0.25, 0.3) is 0 Å². The van der Waals surface area contributed by atoms with Crippen LogP contribution in [0.4, 0.5) is 10.5 Å². The summed E-state index contributed by atoms with van der Waals surface area (Å²) in [6.45, 7) is 3.66. The zero-order chi connectivity index (χ0) is 38.4. The van der Waals surface area contributed by atoms with Crippen molar-refractivity contribution in [1.29, 1.82) is 0 Å². The SMILES string of the molecule is CC1CC2C(=O)OCC(NC(=O)C(Cc3ccccc3)NC(=O)Nc3ccncc3)C(=O)N3CCCC3C(=O)N3CCCCC3C(=O)NC(C)C(=O)N2C1. The number of anilines is 1. The highest BCUT2D eigenvalue weighted by Gasteiger charge is 2.46. The maximum Gasteiger partial charge on any atom is 0.328 e. The number of piperidine rings is 1. The van der Waals surface area contributed by atoms with Crippen LogP contribution in [-0.4, -0.2) is 124 Å². The number of amides is 7. The lowest BCUT2D eigenvalue weighted by atomic mass is 9.99. The Kier molecular flexibility index (Phi) is 12.1. The molecular weight excluding hydrogens is 696 g/mol. The second-order valence-electron chi connectivity index (χ2n) is 14.6. The van der Waals surface area contributed by atoms with E-state index in [0.717, 1.165) is 5.56 Å². The third-order valence-electron chi connectivity index (χ3n) is 10.6. The quantitative estimate of drug-likeness (QED) is 0.312. The first-order valence-electron chi connectivity index (χ1n) is 18.7. The number of esters is 1. The minimum Gasteiger partial charge on any atom is -0.461 e. The molecule has 0 radical (unpaired) electrons. The number of nitrogens with zero attached hydrogens (tertiary/aromatic N) is 4. The van der Waals surface area contributed by atoms with E-state index in [1.165, 1.54) is 27.1 Å². The number of hydrogen-bond donors (Lipinski definition) is 4. The van der Waals surface area contributed by atoms with E-state index >= 15 is 0 Å². The fourth-order valence-corrected chi connectivity index (χ4v) is 7.81. The van der Waals surface area contributed by atoms with Gasteiger partial charge in [0.2, 0.25) is 29.5 Å². The fourth-order valence-electron chi connectivity index (χ4n) is 7.81. The summed E-state index contributed by atoms with van der Waals surface area (Å²) in [6.07, 6.45) is 6.02. The van der Waals surface area contributed by atoms with Crippen LogP contribution in [0.3, 0.4) is 0 Å². The van der Waals surface area contributed by atoms with Crippen molar-refractivity contribution < 1.29 is 38.3 Å². The molecule has 4 aliphatic rings. The summed E-state index contributed by atoms with van der Waals surface area (Å²) in [5.41, 5.74) is 1.18. The van der Waals surface area contributed by atoms with E-state index in [1.807, 2.05) is 13.0 Å². The first-order valence-corrected chi connectivity index (χ1v) is 18.7. The molecule has 7 unspecified atom stereocenters. The van der Waals surface area contributed by atoms with Gasteiger partial charge in [-0.05, 0) is 69.1 Å². The van der Waals surface area contributed by atoms with Gasteiger partial charge in [-0.15, -0.1) is 0 Å². The molecule has 6 rings (SSSR count). The number of pyridine rings is 1. The van der Waals surface area contributed by atoms with Crippen molar-refractivity contribution >= 4 is 47.2 Å². The van der Waals surface area contributed by atoms with Crippen molar-refractivity contribution in [1.82, 2.24) is 35.6 Å². The molecule has 1 aromatic heterocycles. The van der Waals surface area contributed by atoms with E-state index in [-0.39, 0.29) is 25.4 Å². The van der Waals surface area contributed by atoms with Crippen molar-refractivity contribution in [2.75, 3.05) is 31.6 Å². The number of carbonyl (C=O) groups is 7. The van der Waals surface area contributed by atoms with Crippen LogP contribution in [0.2, 0.25) is 0 Å². The third-order valence-corrected chi connectivity index (χ3v) is 10.6. The lowest BCUT2D eigenvalue weighted by Gasteiger charge is -2.39. The Morgan fingerprint density at radius 3 is 2.31 bits per heavy atom. The van der Waals surface area contributed by atoms with Gasteiger partial charge in [-0.25, -0.2) is 9.59 Å². The number of benzene rings is 1. The molecule has 4 N–H and O–H groups in total. The number of urea groups is 1. The number of hydrogen-bond acceptors (Lipinski definition) is 9. The van der Waals surface area contributed by atoms with Gasteiger partial charge < -0.3 is 40.7 Å². The van der Waals surface area contributed by atoms with Crippen molar-refractivity contribution in [3.63, 3.8) is 0 Å². The highest BCUT2D eigenvalue weighted by Crippen LogP contribution is 2.28. The molecule has 2 aromatic rings. The van der Waals surface area contributed by atoms with E-state index < -0.39 is 84.4 Å². The molecular formula is C38H48N8O8. The molecule has 54 heavy (non-hydrogen) atoms. The Labute approximate surface area is 313 Å². The van der Waals surface area contributed by atoms with Crippen LogP contribution < -0.4 is 21.3 Å². The Balaban J connectivity index is 1.30. The number of cyclic esters (lactones) is 1. The largest absolute Gasteiger partial charge is 0.461 e. The average Bonchev–Trinajstić information content (AvgIpc) is 3.83. The van der Waals surface area contributed by atoms with Crippen molar-refractivity contribution in [3.05, 3.63) is 60.4 Å². The second kappa shape index (κ2) is 17.1. The standard InChI is InChI=1S/C38H48N8O8/c1-23-19-31-37(52)54-22-28(42-32(47)27(20-25-9-4-3-5-10-25)43-38(53)41-26-13-15-39-16-14-26)35(50)45-18-8-12-30(45)36(51)44-17-7-6-11-29(44)33(48)40-24(2)34(49)46(31)21-23/h3-5,9-10,13-16,23-24,27-31H,6-8,11-12,17-22H2,1-2H3,(H,40,48)(H,42,47)(H2,39,41,43,53). The van der Waals surface area contributed by atoms with Crippen molar-refractivity contribution in [2.45, 2.75) is 95.0 Å². The van der Waals surface area contributed by atoms with Gasteiger partial charge in [-0.2, -0.15) is 0 Å². The first-order chi connectivity index (χ1) is 26.0. The lowest BCUT2D eigenvalue weighted by molar-refractivity contribution is -0.158.